The molecular weight excluding hydrogens is 194 g/mol. The standard InChI is InChI=1S/C10H15N3O2/c1-15-10(14)13-7-6-12-9-4-2-8(11)3-5-9/h2-5,12H,6-7,11H2,1H3,(H,13,14). The number of carbonyl (C=O) groups is 1. The first-order valence-corrected chi connectivity index (χ1v) is 4.63. The van der Waals surface area contributed by atoms with Crippen molar-refractivity contribution in [2.24, 2.45) is 0 Å². The Hall–Kier alpha value is -1.91. The Morgan fingerprint density at radius 1 is 1.33 bits per heavy atom. The first kappa shape index (κ1) is 11.2. The van der Waals surface area contributed by atoms with E-state index >= 15 is 0 Å². The number of nitrogen functional groups attached to an aromatic ring is 1. The number of hydrogen-bond acceptors (Lipinski definition) is 4. The third-order valence-electron chi connectivity index (χ3n) is 1.82. The Labute approximate surface area is 88.6 Å². The van der Waals surface area contributed by atoms with Crippen LogP contribution in [0.25, 0.3) is 0 Å². The highest BCUT2D eigenvalue weighted by Gasteiger charge is 1.96. The summed E-state index contributed by atoms with van der Waals surface area (Å²) in [6.45, 7) is 1.15. The summed E-state index contributed by atoms with van der Waals surface area (Å²) in [7, 11) is 1.34. The van der Waals surface area contributed by atoms with Crippen LogP contribution in [0, 0.1) is 0 Å². The summed E-state index contributed by atoms with van der Waals surface area (Å²) in [4.78, 5) is 10.7. The van der Waals surface area contributed by atoms with Crippen LogP contribution in [0.4, 0.5) is 16.2 Å². The molecule has 1 amide bonds. The van der Waals surface area contributed by atoms with E-state index < -0.39 is 6.09 Å². The lowest BCUT2D eigenvalue weighted by Crippen LogP contribution is -2.28. The van der Waals surface area contributed by atoms with Gasteiger partial charge in [-0.25, -0.2) is 4.79 Å². The van der Waals surface area contributed by atoms with Crippen LogP contribution in [0.2, 0.25) is 0 Å². The third kappa shape index (κ3) is 4.21. The van der Waals surface area contributed by atoms with E-state index in [0.717, 1.165) is 11.4 Å². The van der Waals surface area contributed by atoms with Crippen molar-refractivity contribution in [3.05, 3.63) is 24.3 Å². The van der Waals surface area contributed by atoms with Gasteiger partial charge in [-0.15, -0.1) is 0 Å². The average molecular weight is 209 g/mol. The van der Waals surface area contributed by atoms with Crippen molar-refractivity contribution in [2.45, 2.75) is 0 Å². The molecule has 0 unspecified atom stereocenters. The number of rotatable bonds is 4. The van der Waals surface area contributed by atoms with Crippen LogP contribution in [-0.2, 0) is 4.74 Å². The van der Waals surface area contributed by atoms with Crippen LogP contribution in [0.15, 0.2) is 24.3 Å². The van der Waals surface area contributed by atoms with Crippen molar-refractivity contribution in [1.82, 2.24) is 5.32 Å². The van der Waals surface area contributed by atoms with E-state index in [1.54, 1.807) is 0 Å². The molecule has 1 aromatic carbocycles. The van der Waals surface area contributed by atoms with Gasteiger partial charge in [0.25, 0.3) is 0 Å². The van der Waals surface area contributed by atoms with Crippen molar-refractivity contribution in [3.8, 4) is 0 Å². The zero-order valence-corrected chi connectivity index (χ0v) is 8.62. The zero-order chi connectivity index (χ0) is 11.1. The minimum absolute atomic E-state index is 0.422. The van der Waals surface area contributed by atoms with Crippen molar-refractivity contribution >= 4 is 17.5 Å². The van der Waals surface area contributed by atoms with Gasteiger partial charge in [0.05, 0.1) is 7.11 Å². The van der Waals surface area contributed by atoms with Gasteiger partial charge in [0.15, 0.2) is 0 Å². The maximum absolute atomic E-state index is 10.7. The van der Waals surface area contributed by atoms with Crippen LogP contribution in [0.1, 0.15) is 0 Å². The normalized spacial score (nSPS) is 9.40. The van der Waals surface area contributed by atoms with Gasteiger partial charge in [-0.05, 0) is 24.3 Å². The van der Waals surface area contributed by atoms with Gasteiger partial charge in [0, 0.05) is 24.5 Å². The van der Waals surface area contributed by atoms with Gasteiger partial charge in [-0.3, -0.25) is 0 Å². The Balaban J connectivity index is 2.20. The van der Waals surface area contributed by atoms with Crippen molar-refractivity contribution in [3.63, 3.8) is 0 Å². The molecular formula is C10H15N3O2. The fraction of sp³-hybridized carbons (Fsp3) is 0.300. The van der Waals surface area contributed by atoms with E-state index in [0.29, 0.717) is 13.1 Å². The molecule has 0 aliphatic heterocycles. The highest BCUT2D eigenvalue weighted by molar-refractivity contribution is 5.66. The van der Waals surface area contributed by atoms with Gasteiger partial charge in [0.2, 0.25) is 0 Å². The largest absolute Gasteiger partial charge is 0.453 e. The Morgan fingerprint density at radius 2 is 2.00 bits per heavy atom. The van der Waals surface area contributed by atoms with E-state index in [1.165, 1.54) is 7.11 Å². The third-order valence-corrected chi connectivity index (χ3v) is 1.82. The summed E-state index contributed by atoms with van der Waals surface area (Å²) >= 11 is 0. The second-order valence-corrected chi connectivity index (χ2v) is 2.97. The molecule has 15 heavy (non-hydrogen) atoms. The number of amides is 1. The number of nitrogens with two attached hydrogens (primary N) is 1. The molecule has 0 saturated heterocycles. The molecule has 0 spiro atoms. The van der Waals surface area contributed by atoms with Crippen LogP contribution < -0.4 is 16.4 Å². The quantitative estimate of drug-likeness (QED) is 0.511. The molecule has 0 aliphatic carbocycles. The molecule has 0 aliphatic rings. The summed E-state index contributed by atoms with van der Waals surface area (Å²) < 4.78 is 4.42. The number of carbonyl (C=O) groups excluding carboxylic acids is 1. The number of nitrogens with one attached hydrogen (secondary N) is 2. The number of methoxy groups -OCH3 is 1. The summed E-state index contributed by atoms with van der Waals surface area (Å²) in [5.41, 5.74) is 7.24. The first-order chi connectivity index (χ1) is 7.22. The second kappa shape index (κ2) is 5.74. The molecule has 1 rings (SSSR count). The van der Waals surface area contributed by atoms with Crippen LogP contribution in [0.3, 0.4) is 0 Å². The van der Waals surface area contributed by atoms with Crippen molar-refractivity contribution in [2.75, 3.05) is 31.2 Å². The van der Waals surface area contributed by atoms with Crippen molar-refractivity contribution in [1.29, 1.82) is 0 Å². The molecule has 5 nitrogen and oxygen atoms in total. The predicted molar refractivity (Wildman–Crippen MR) is 59.8 cm³/mol. The van der Waals surface area contributed by atoms with E-state index in [1.807, 2.05) is 24.3 Å². The molecule has 5 heteroatoms. The summed E-state index contributed by atoms with van der Waals surface area (Å²) in [6, 6.07) is 7.40. The lowest BCUT2D eigenvalue weighted by atomic mass is 10.3. The van der Waals surface area contributed by atoms with Gasteiger partial charge < -0.3 is 21.1 Å². The van der Waals surface area contributed by atoms with E-state index in [9.17, 15) is 4.79 Å². The zero-order valence-electron chi connectivity index (χ0n) is 8.62. The van der Waals surface area contributed by atoms with Crippen LogP contribution >= 0.6 is 0 Å². The van der Waals surface area contributed by atoms with E-state index in [-0.39, 0.29) is 0 Å². The number of hydrogen-bond donors (Lipinski definition) is 3. The minimum atomic E-state index is -0.422. The fourth-order valence-electron chi connectivity index (χ4n) is 1.04. The number of benzene rings is 1. The van der Waals surface area contributed by atoms with Gasteiger partial charge in [-0.2, -0.15) is 0 Å². The molecule has 82 valence electrons. The Kier molecular flexibility index (Phi) is 4.28. The molecule has 4 N–H and O–H groups in total. The predicted octanol–water partition coefficient (Wildman–Crippen LogP) is 1.04. The second-order valence-electron chi connectivity index (χ2n) is 2.97. The number of ether oxygens (including phenoxy) is 1. The van der Waals surface area contributed by atoms with Gasteiger partial charge in [-0.1, -0.05) is 0 Å². The number of anilines is 2. The molecule has 1 aromatic rings. The summed E-state index contributed by atoms with van der Waals surface area (Å²) in [5.74, 6) is 0. The lowest BCUT2D eigenvalue weighted by Gasteiger charge is -2.07. The highest BCUT2D eigenvalue weighted by atomic mass is 16.5. The molecule has 0 aromatic heterocycles. The van der Waals surface area contributed by atoms with Crippen LogP contribution in [0.5, 0.6) is 0 Å². The first-order valence-electron chi connectivity index (χ1n) is 4.63. The topological polar surface area (TPSA) is 76.4 Å². The smallest absolute Gasteiger partial charge is 0.406 e. The highest BCUT2D eigenvalue weighted by Crippen LogP contribution is 2.09. The Bertz CT molecular complexity index is 311. The average Bonchev–Trinajstić information content (AvgIpc) is 2.26. The summed E-state index contributed by atoms with van der Waals surface area (Å²) in [6.07, 6.45) is -0.422. The number of alkyl carbamates (subject to hydrolysis) is 1. The monoisotopic (exact) mass is 209 g/mol. The molecule has 0 fully saturated rings. The maximum Gasteiger partial charge on any atom is 0.406 e. The molecule has 0 heterocycles. The molecule has 0 saturated carbocycles. The van der Waals surface area contributed by atoms with E-state index in [2.05, 4.69) is 15.4 Å². The van der Waals surface area contributed by atoms with Crippen LogP contribution in [-0.4, -0.2) is 26.3 Å². The summed E-state index contributed by atoms with van der Waals surface area (Å²) in [5, 5.41) is 5.69. The maximum atomic E-state index is 10.7. The van der Waals surface area contributed by atoms with Gasteiger partial charge >= 0.3 is 6.09 Å². The molecule has 0 atom stereocenters. The molecule has 0 bridgehead atoms. The molecule has 0 radical (unpaired) electrons. The van der Waals surface area contributed by atoms with E-state index in [4.69, 9.17) is 5.73 Å². The lowest BCUT2D eigenvalue weighted by molar-refractivity contribution is 0.171. The minimum Gasteiger partial charge on any atom is -0.453 e. The van der Waals surface area contributed by atoms with Crippen molar-refractivity contribution < 1.29 is 9.53 Å². The van der Waals surface area contributed by atoms with Gasteiger partial charge in [0.1, 0.15) is 0 Å². The fourth-order valence-corrected chi connectivity index (χ4v) is 1.04. The SMILES string of the molecule is COC(=O)NCCNc1ccc(N)cc1. The Morgan fingerprint density at radius 3 is 2.60 bits per heavy atom.